The molecule has 21 heavy (non-hydrogen) atoms. The first-order chi connectivity index (χ1) is 10.3. The van der Waals surface area contributed by atoms with Gasteiger partial charge in [-0.15, -0.1) is 0 Å². The van der Waals surface area contributed by atoms with Crippen LogP contribution in [0.5, 0.6) is 0 Å². The maximum Gasteiger partial charge on any atom is 0.134 e. The Kier molecular flexibility index (Phi) is 4.58. The lowest BCUT2D eigenvalue weighted by molar-refractivity contribution is 0.00241. The Morgan fingerprint density at radius 3 is 2.76 bits per heavy atom. The van der Waals surface area contributed by atoms with E-state index in [2.05, 4.69) is 24.0 Å². The Balaban J connectivity index is 1.73. The molecule has 2 aromatic rings. The van der Waals surface area contributed by atoms with Gasteiger partial charge in [0.25, 0.3) is 0 Å². The van der Waals surface area contributed by atoms with Crippen molar-refractivity contribution < 1.29 is 9.15 Å². The molecule has 0 bridgehead atoms. The van der Waals surface area contributed by atoms with Gasteiger partial charge in [0.1, 0.15) is 11.3 Å². The Morgan fingerprint density at radius 1 is 1.33 bits per heavy atom. The van der Waals surface area contributed by atoms with Crippen LogP contribution in [0.1, 0.15) is 31.6 Å². The molecule has 2 N–H and O–H groups in total. The summed E-state index contributed by atoms with van der Waals surface area (Å²) in [6.07, 6.45) is 2.55. The van der Waals surface area contributed by atoms with Crippen LogP contribution in [-0.2, 0) is 4.74 Å². The van der Waals surface area contributed by atoms with Crippen LogP contribution < -0.4 is 5.73 Å². The van der Waals surface area contributed by atoms with Gasteiger partial charge in [0.15, 0.2) is 0 Å². The normalized spacial score (nSPS) is 19.1. The lowest BCUT2D eigenvalue weighted by atomic mass is 10.0. The molecule has 0 aliphatic carbocycles. The molecule has 1 aromatic carbocycles. The second kappa shape index (κ2) is 6.60. The van der Waals surface area contributed by atoms with Gasteiger partial charge in [-0.05, 0) is 31.9 Å². The van der Waals surface area contributed by atoms with E-state index in [0.717, 1.165) is 49.3 Å². The zero-order valence-corrected chi connectivity index (χ0v) is 12.6. The number of benzene rings is 1. The number of piperidine rings is 1. The number of nitrogens with zero attached hydrogens (tertiary/aromatic N) is 1. The monoisotopic (exact) mass is 288 g/mol. The van der Waals surface area contributed by atoms with E-state index in [1.54, 1.807) is 0 Å². The summed E-state index contributed by atoms with van der Waals surface area (Å²) in [6, 6.07) is 10.4. The molecule has 1 saturated heterocycles. The summed E-state index contributed by atoms with van der Waals surface area (Å²) in [4.78, 5) is 2.42. The maximum absolute atomic E-state index is 6.02. The highest BCUT2D eigenvalue weighted by Crippen LogP contribution is 2.29. The molecule has 1 aliphatic heterocycles. The second-order valence-corrected chi connectivity index (χ2v) is 5.63. The first-order valence-corrected chi connectivity index (χ1v) is 7.86. The maximum atomic E-state index is 6.02. The summed E-state index contributed by atoms with van der Waals surface area (Å²) < 4.78 is 11.7. The third kappa shape index (κ3) is 3.12. The first kappa shape index (κ1) is 14.6. The summed E-state index contributed by atoms with van der Waals surface area (Å²) in [5.74, 6) is 0.980. The topological polar surface area (TPSA) is 51.6 Å². The van der Waals surface area contributed by atoms with Crippen molar-refractivity contribution in [2.75, 3.05) is 26.2 Å². The smallest absolute Gasteiger partial charge is 0.134 e. The average molecular weight is 288 g/mol. The van der Waals surface area contributed by atoms with E-state index < -0.39 is 0 Å². The van der Waals surface area contributed by atoms with Crippen LogP contribution in [0.4, 0.5) is 0 Å². The zero-order chi connectivity index (χ0) is 14.7. The molecule has 1 aliphatic rings. The minimum absolute atomic E-state index is 0.167. The van der Waals surface area contributed by atoms with E-state index >= 15 is 0 Å². The van der Waals surface area contributed by atoms with Crippen molar-refractivity contribution in [2.24, 2.45) is 5.73 Å². The van der Waals surface area contributed by atoms with Gasteiger partial charge in [-0.1, -0.05) is 18.2 Å². The SMILES string of the molecule is CCOC1CCN(C(CN)c2cc3ccccc3o2)CC1. The number of nitrogens with two attached hydrogens (primary N) is 1. The molecule has 0 spiro atoms. The van der Waals surface area contributed by atoms with E-state index in [-0.39, 0.29) is 6.04 Å². The zero-order valence-electron chi connectivity index (χ0n) is 12.6. The first-order valence-electron chi connectivity index (χ1n) is 7.86. The summed E-state index contributed by atoms with van der Waals surface area (Å²) in [7, 11) is 0. The molecule has 114 valence electrons. The molecule has 1 unspecified atom stereocenters. The molecule has 0 saturated carbocycles. The minimum Gasteiger partial charge on any atom is -0.459 e. The third-order valence-electron chi connectivity index (χ3n) is 4.32. The summed E-state index contributed by atoms with van der Waals surface area (Å²) >= 11 is 0. The molecular weight excluding hydrogens is 264 g/mol. The predicted molar refractivity (Wildman–Crippen MR) is 84.2 cm³/mol. The van der Waals surface area contributed by atoms with E-state index in [4.69, 9.17) is 14.9 Å². The molecule has 1 fully saturated rings. The van der Waals surface area contributed by atoms with E-state index in [1.165, 1.54) is 0 Å². The average Bonchev–Trinajstić information content (AvgIpc) is 2.93. The highest BCUT2D eigenvalue weighted by molar-refractivity contribution is 5.77. The highest BCUT2D eigenvalue weighted by Gasteiger charge is 2.27. The fraction of sp³-hybridized carbons (Fsp3) is 0.529. The van der Waals surface area contributed by atoms with Crippen molar-refractivity contribution in [2.45, 2.75) is 31.9 Å². The van der Waals surface area contributed by atoms with Crippen molar-refractivity contribution in [3.8, 4) is 0 Å². The number of rotatable bonds is 5. The number of hydrogen-bond acceptors (Lipinski definition) is 4. The van der Waals surface area contributed by atoms with Crippen molar-refractivity contribution in [3.05, 3.63) is 36.1 Å². The Hall–Kier alpha value is -1.36. The second-order valence-electron chi connectivity index (χ2n) is 5.63. The van der Waals surface area contributed by atoms with Gasteiger partial charge in [-0.2, -0.15) is 0 Å². The van der Waals surface area contributed by atoms with Crippen LogP contribution in [0.2, 0.25) is 0 Å². The molecule has 4 heteroatoms. The Morgan fingerprint density at radius 2 is 2.10 bits per heavy atom. The quantitative estimate of drug-likeness (QED) is 0.919. The number of fused-ring (bicyclic) bond motifs is 1. The van der Waals surface area contributed by atoms with E-state index in [0.29, 0.717) is 12.6 Å². The Labute approximate surface area is 125 Å². The van der Waals surface area contributed by atoms with Gasteiger partial charge in [0.05, 0.1) is 12.1 Å². The molecule has 1 aromatic heterocycles. The van der Waals surface area contributed by atoms with Gasteiger partial charge >= 0.3 is 0 Å². The molecule has 0 radical (unpaired) electrons. The standard InChI is InChI=1S/C17H24N2O2/c1-2-20-14-7-9-19(10-8-14)15(12-18)17-11-13-5-3-4-6-16(13)21-17/h3-6,11,14-15H,2,7-10,12,18H2,1H3. The van der Waals surface area contributed by atoms with Crippen molar-refractivity contribution in [1.29, 1.82) is 0 Å². The van der Waals surface area contributed by atoms with Crippen LogP contribution in [-0.4, -0.2) is 37.2 Å². The van der Waals surface area contributed by atoms with Gasteiger partial charge in [0, 0.05) is 31.6 Å². The van der Waals surface area contributed by atoms with Crippen LogP contribution in [0, 0.1) is 0 Å². The predicted octanol–water partition coefficient (Wildman–Crippen LogP) is 2.93. The number of ether oxygens (including phenoxy) is 1. The number of hydrogen-bond donors (Lipinski definition) is 1. The minimum atomic E-state index is 0.167. The van der Waals surface area contributed by atoms with Crippen LogP contribution in [0.3, 0.4) is 0 Å². The van der Waals surface area contributed by atoms with Gasteiger partial charge in [-0.3, -0.25) is 4.90 Å². The van der Waals surface area contributed by atoms with Gasteiger partial charge in [0.2, 0.25) is 0 Å². The molecule has 1 atom stereocenters. The third-order valence-corrected chi connectivity index (χ3v) is 4.32. The molecule has 0 amide bonds. The number of furan rings is 1. The highest BCUT2D eigenvalue weighted by atomic mass is 16.5. The van der Waals surface area contributed by atoms with Crippen molar-refractivity contribution in [3.63, 3.8) is 0 Å². The van der Waals surface area contributed by atoms with Gasteiger partial charge in [-0.25, -0.2) is 0 Å². The van der Waals surface area contributed by atoms with E-state index in [1.807, 2.05) is 18.2 Å². The number of likely N-dealkylation sites (tertiary alicyclic amines) is 1. The number of para-hydroxylation sites is 1. The lowest BCUT2D eigenvalue weighted by Gasteiger charge is -2.36. The fourth-order valence-corrected chi connectivity index (χ4v) is 3.20. The summed E-state index contributed by atoms with van der Waals surface area (Å²) in [5.41, 5.74) is 6.96. The molecule has 2 heterocycles. The summed E-state index contributed by atoms with van der Waals surface area (Å²) in [6.45, 7) is 5.48. The van der Waals surface area contributed by atoms with Crippen molar-refractivity contribution in [1.82, 2.24) is 4.90 Å². The molecule has 4 nitrogen and oxygen atoms in total. The largest absolute Gasteiger partial charge is 0.459 e. The van der Waals surface area contributed by atoms with Crippen molar-refractivity contribution >= 4 is 11.0 Å². The Bertz CT molecular complexity index is 540. The van der Waals surface area contributed by atoms with Crippen LogP contribution in [0.25, 0.3) is 11.0 Å². The van der Waals surface area contributed by atoms with E-state index in [9.17, 15) is 0 Å². The lowest BCUT2D eigenvalue weighted by Crippen LogP contribution is -2.41. The van der Waals surface area contributed by atoms with Crippen LogP contribution in [0.15, 0.2) is 34.7 Å². The van der Waals surface area contributed by atoms with Gasteiger partial charge < -0.3 is 14.9 Å². The molecular formula is C17H24N2O2. The van der Waals surface area contributed by atoms with Crippen LogP contribution >= 0.6 is 0 Å². The summed E-state index contributed by atoms with van der Waals surface area (Å²) in [5, 5.41) is 1.15. The fourth-order valence-electron chi connectivity index (χ4n) is 3.20. The molecule has 3 rings (SSSR count).